The number of carboxylic acids is 1. The Morgan fingerprint density at radius 3 is 2.38 bits per heavy atom. The van der Waals surface area contributed by atoms with Gasteiger partial charge in [0.05, 0.1) is 11.0 Å². The van der Waals surface area contributed by atoms with E-state index in [2.05, 4.69) is 15.9 Å². The van der Waals surface area contributed by atoms with E-state index in [9.17, 15) is 4.79 Å². The number of carboxylic acid groups (broad SMARTS) is 1. The van der Waals surface area contributed by atoms with Crippen LogP contribution in [0.2, 0.25) is 0 Å². The Labute approximate surface area is 85.5 Å². The summed E-state index contributed by atoms with van der Waals surface area (Å²) in [6, 6.07) is 0. The average Bonchev–Trinajstić information content (AvgIpc) is 2.22. The summed E-state index contributed by atoms with van der Waals surface area (Å²) in [7, 11) is 1.91. The first-order valence-corrected chi connectivity index (χ1v) is 4.76. The molecule has 72 valence electrons. The van der Waals surface area contributed by atoms with Crippen molar-refractivity contribution >= 4 is 21.9 Å². The molecular formula is C9H12BrNO2. The van der Waals surface area contributed by atoms with Crippen LogP contribution in [0, 0.1) is 13.8 Å². The van der Waals surface area contributed by atoms with Crippen LogP contribution in [0.15, 0.2) is 4.60 Å². The highest BCUT2D eigenvalue weighted by Crippen LogP contribution is 2.25. The fourth-order valence-corrected chi connectivity index (χ4v) is 1.91. The lowest BCUT2D eigenvalue weighted by Gasteiger charge is -1.99. The van der Waals surface area contributed by atoms with E-state index >= 15 is 0 Å². The fraction of sp³-hybridized carbons (Fsp3) is 0.444. The normalized spacial score (nSPS) is 10.5. The minimum absolute atomic E-state index is 0.0944. The van der Waals surface area contributed by atoms with Gasteiger partial charge in [0, 0.05) is 12.7 Å². The quantitative estimate of drug-likeness (QED) is 0.867. The van der Waals surface area contributed by atoms with Crippen LogP contribution in [0.1, 0.15) is 16.8 Å². The van der Waals surface area contributed by atoms with E-state index in [4.69, 9.17) is 5.11 Å². The Kier molecular flexibility index (Phi) is 2.81. The number of aliphatic carboxylic acids is 1. The molecule has 0 radical (unpaired) electrons. The molecular weight excluding hydrogens is 234 g/mol. The molecule has 1 aromatic heterocycles. The molecule has 0 atom stereocenters. The molecule has 0 aliphatic carbocycles. The molecule has 3 nitrogen and oxygen atoms in total. The van der Waals surface area contributed by atoms with Crippen molar-refractivity contribution in [2.45, 2.75) is 20.3 Å². The van der Waals surface area contributed by atoms with Gasteiger partial charge in [-0.25, -0.2) is 0 Å². The monoisotopic (exact) mass is 245 g/mol. The smallest absolute Gasteiger partial charge is 0.307 e. The highest BCUT2D eigenvalue weighted by molar-refractivity contribution is 9.10. The SMILES string of the molecule is Cc1c(CC(=O)O)c(C)n(C)c1Br. The highest BCUT2D eigenvalue weighted by Gasteiger charge is 2.15. The molecule has 1 heterocycles. The standard InChI is InChI=1S/C9H12BrNO2/c1-5-7(4-8(12)13)6(2)11(3)9(5)10/h4H2,1-3H3,(H,12,13). The number of rotatable bonds is 2. The summed E-state index contributed by atoms with van der Waals surface area (Å²) >= 11 is 3.41. The van der Waals surface area contributed by atoms with Gasteiger partial charge in [-0.3, -0.25) is 4.79 Å². The van der Waals surface area contributed by atoms with Gasteiger partial charge in [0.1, 0.15) is 0 Å². The molecule has 13 heavy (non-hydrogen) atoms. The second kappa shape index (κ2) is 3.54. The van der Waals surface area contributed by atoms with Gasteiger partial charge in [0.15, 0.2) is 0 Å². The summed E-state index contributed by atoms with van der Waals surface area (Å²) < 4.78 is 2.91. The summed E-state index contributed by atoms with van der Waals surface area (Å²) in [5, 5.41) is 8.69. The van der Waals surface area contributed by atoms with E-state index < -0.39 is 5.97 Å². The third-order valence-electron chi connectivity index (χ3n) is 2.32. The second-order valence-electron chi connectivity index (χ2n) is 3.11. The van der Waals surface area contributed by atoms with Crippen molar-refractivity contribution in [2.24, 2.45) is 7.05 Å². The van der Waals surface area contributed by atoms with E-state index in [1.54, 1.807) is 0 Å². The molecule has 1 aromatic rings. The molecule has 4 heteroatoms. The molecule has 0 aliphatic heterocycles. The minimum atomic E-state index is -0.788. The van der Waals surface area contributed by atoms with Crippen LogP contribution in [-0.2, 0) is 18.3 Å². The lowest BCUT2D eigenvalue weighted by Crippen LogP contribution is -2.02. The van der Waals surface area contributed by atoms with E-state index in [1.807, 2.05) is 25.5 Å². The van der Waals surface area contributed by atoms with Gasteiger partial charge >= 0.3 is 5.97 Å². The van der Waals surface area contributed by atoms with Gasteiger partial charge < -0.3 is 9.67 Å². The zero-order valence-electron chi connectivity index (χ0n) is 7.89. The Morgan fingerprint density at radius 1 is 1.54 bits per heavy atom. The van der Waals surface area contributed by atoms with Gasteiger partial charge in [0.25, 0.3) is 0 Å². The first kappa shape index (κ1) is 10.3. The minimum Gasteiger partial charge on any atom is -0.481 e. The molecule has 0 bridgehead atoms. The van der Waals surface area contributed by atoms with Gasteiger partial charge in [-0.2, -0.15) is 0 Å². The van der Waals surface area contributed by atoms with Crippen molar-refractivity contribution in [3.63, 3.8) is 0 Å². The van der Waals surface area contributed by atoms with Gasteiger partial charge in [-0.1, -0.05) is 0 Å². The summed E-state index contributed by atoms with van der Waals surface area (Å²) in [5.74, 6) is -0.788. The number of carbonyl (C=O) groups is 1. The molecule has 0 saturated heterocycles. The summed E-state index contributed by atoms with van der Waals surface area (Å²) in [6.45, 7) is 3.85. The molecule has 1 rings (SSSR count). The number of halogens is 1. The van der Waals surface area contributed by atoms with Crippen molar-refractivity contribution < 1.29 is 9.90 Å². The van der Waals surface area contributed by atoms with E-state index in [0.717, 1.165) is 21.4 Å². The maximum atomic E-state index is 10.6. The Hall–Kier alpha value is -0.770. The predicted octanol–water partition coefficient (Wildman–Crippen LogP) is 2.03. The van der Waals surface area contributed by atoms with Crippen molar-refractivity contribution in [2.75, 3.05) is 0 Å². The zero-order chi connectivity index (χ0) is 10.2. The molecule has 1 N–H and O–H groups in total. The molecule has 0 fully saturated rings. The van der Waals surface area contributed by atoms with Crippen LogP contribution in [0.5, 0.6) is 0 Å². The van der Waals surface area contributed by atoms with Gasteiger partial charge in [-0.15, -0.1) is 0 Å². The molecule has 0 aromatic carbocycles. The van der Waals surface area contributed by atoms with Crippen LogP contribution < -0.4 is 0 Å². The van der Waals surface area contributed by atoms with Crippen LogP contribution in [0.3, 0.4) is 0 Å². The van der Waals surface area contributed by atoms with Crippen LogP contribution in [-0.4, -0.2) is 15.6 Å². The van der Waals surface area contributed by atoms with Crippen LogP contribution >= 0.6 is 15.9 Å². The Bertz CT molecular complexity index is 329. The van der Waals surface area contributed by atoms with E-state index in [1.165, 1.54) is 0 Å². The Balaban J connectivity index is 3.21. The third kappa shape index (κ3) is 1.77. The third-order valence-corrected chi connectivity index (χ3v) is 3.45. The first-order valence-electron chi connectivity index (χ1n) is 3.97. The second-order valence-corrected chi connectivity index (χ2v) is 3.86. The van der Waals surface area contributed by atoms with Crippen LogP contribution in [0.25, 0.3) is 0 Å². The fourth-order valence-electron chi connectivity index (χ4n) is 1.41. The van der Waals surface area contributed by atoms with Crippen molar-refractivity contribution in [3.8, 4) is 0 Å². The lowest BCUT2D eigenvalue weighted by atomic mass is 10.1. The zero-order valence-corrected chi connectivity index (χ0v) is 9.47. The highest BCUT2D eigenvalue weighted by atomic mass is 79.9. The predicted molar refractivity (Wildman–Crippen MR) is 53.9 cm³/mol. The van der Waals surface area contributed by atoms with E-state index in [-0.39, 0.29) is 6.42 Å². The Morgan fingerprint density at radius 2 is 2.08 bits per heavy atom. The molecule has 0 amide bonds. The summed E-state index contributed by atoms with van der Waals surface area (Å²) in [6.07, 6.45) is 0.0944. The first-order chi connectivity index (χ1) is 5.95. The van der Waals surface area contributed by atoms with Gasteiger partial charge in [0.2, 0.25) is 0 Å². The number of hydrogen-bond donors (Lipinski definition) is 1. The van der Waals surface area contributed by atoms with Crippen LogP contribution in [0.4, 0.5) is 0 Å². The number of nitrogens with zero attached hydrogens (tertiary/aromatic N) is 1. The topological polar surface area (TPSA) is 42.2 Å². The maximum Gasteiger partial charge on any atom is 0.307 e. The van der Waals surface area contributed by atoms with Crippen molar-refractivity contribution in [3.05, 3.63) is 21.4 Å². The average molecular weight is 246 g/mol. The number of hydrogen-bond acceptors (Lipinski definition) is 1. The molecule has 0 saturated carbocycles. The molecule has 0 aliphatic rings. The summed E-state index contributed by atoms with van der Waals surface area (Å²) in [5.41, 5.74) is 2.93. The largest absolute Gasteiger partial charge is 0.481 e. The van der Waals surface area contributed by atoms with Crippen molar-refractivity contribution in [1.82, 2.24) is 4.57 Å². The number of aromatic nitrogens is 1. The van der Waals surface area contributed by atoms with Crippen molar-refractivity contribution in [1.29, 1.82) is 0 Å². The maximum absolute atomic E-state index is 10.6. The lowest BCUT2D eigenvalue weighted by molar-refractivity contribution is -0.136. The summed E-state index contributed by atoms with van der Waals surface area (Å²) in [4.78, 5) is 10.6. The molecule has 0 spiro atoms. The van der Waals surface area contributed by atoms with E-state index in [0.29, 0.717) is 0 Å². The van der Waals surface area contributed by atoms with Gasteiger partial charge in [-0.05, 0) is 40.9 Å². The molecule has 0 unspecified atom stereocenters.